The number of amides is 3. The average molecular weight is 302 g/mol. The molecule has 1 aliphatic rings. The van der Waals surface area contributed by atoms with E-state index in [0.29, 0.717) is 12.1 Å². The molecule has 1 aromatic carbocycles. The number of nitrogens with zero attached hydrogens (tertiary/aromatic N) is 3. The zero-order valence-electron chi connectivity index (χ0n) is 11.9. The predicted molar refractivity (Wildman–Crippen MR) is 76.0 cm³/mol. The summed E-state index contributed by atoms with van der Waals surface area (Å²) in [6.07, 6.45) is 0. The lowest BCUT2D eigenvalue weighted by atomic mass is 10.1. The molecule has 0 bridgehead atoms. The van der Waals surface area contributed by atoms with Crippen molar-refractivity contribution in [1.82, 2.24) is 19.9 Å². The van der Waals surface area contributed by atoms with Crippen LogP contribution in [-0.4, -0.2) is 39.7 Å². The minimum atomic E-state index is -0.730. The Balaban J connectivity index is 1.93. The zero-order valence-corrected chi connectivity index (χ0v) is 11.9. The standard InChI is InChI=1S/C14H14N4O4/c1-9-4-2-3-5-10(9)12-16-22-14(21)18(12)8-11(19)17-7-6-15-13(17)20/h2-5H,6-8H2,1H3,(H,15,20). The topological polar surface area (TPSA) is 97.4 Å². The van der Waals surface area contributed by atoms with Crippen LogP contribution in [0.3, 0.4) is 0 Å². The largest absolute Gasteiger partial charge is 0.442 e. The van der Waals surface area contributed by atoms with E-state index < -0.39 is 17.7 Å². The molecule has 0 aliphatic carbocycles. The van der Waals surface area contributed by atoms with Gasteiger partial charge in [0.1, 0.15) is 6.54 Å². The van der Waals surface area contributed by atoms with Gasteiger partial charge in [0.2, 0.25) is 0 Å². The summed E-state index contributed by atoms with van der Waals surface area (Å²) in [6.45, 7) is 2.28. The molecular weight excluding hydrogens is 288 g/mol. The van der Waals surface area contributed by atoms with Gasteiger partial charge in [-0.05, 0) is 12.5 Å². The first-order chi connectivity index (χ1) is 10.6. The molecule has 0 unspecified atom stereocenters. The highest BCUT2D eigenvalue weighted by molar-refractivity contribution is 5.95. The van der Waals surface area contributed by atoms with Crippen LogP contribution >= 0.6 is 0 Å². The Kier molecular flexibility index (Phi) is 3.50. The van der Waals surface area contributed by atoms with Gasteiger partial charge in [-0.2, -0.15) is 0 Å². The first-order valence-electron chi connectivity index (χ1n) is 6.78. The minimum absolute atomic E-state index is 0.274. The Morgan fingerprint density at radius 1 is 1.36 bits per heavy atom. The molecule has 1 saturated heterocycles. The molecule has 0 saturated carbocycles. The average Bonchev–Trinajstić information content (AvgIpc) is 3.07. The first kappa shape index (κ1) is 14.1. The summed E-state index contributed by atoms with van der Waals surface area (Å²) in [5.41, 5.74) is 1.60. The highest BCUT2D eigenvalue weighted by Gasteiger charge is 2.28. The number of imide groups is 1. The maximum Gasteiger partial charge on any atom is 0.442 e. The van der Waals surface area contributed by atoms with E-state index in [1.807, 2.05) is 25.1 Å². The monoisotopic (exact) mass is 302 g/mol. The summed E-state index contributed by atoms with van der Waals surface area (Å²) in [4.78, 5) is 36.6. The fourth-order valence-corrected chi connectivity index (χ4v) is 2.36. The van der Waals surface area contributed by atoms with Gasteiger partial charge in [0.05, 0.1) is 0 Å². The van der Waals surface area contributed by atoms with Gasteiger partial charge in [-0.1, -0.05) is 29.4 Å². The Hall–Kier alpha value is -2.90. The second kappa shape index (κ2) is 5.47. The second-order valence-corrected chi connectivity index (χ2v) is 4.95. The molecule has 1 aromatic heterocycles. The van der Waals surface area contributed by atoms with Crippen LogP contribution in [0.5, 0.6) is 0 Å². The van der Waals surface area contributed by atoms with Crippen molar-refractivity contribution in [3.05, 3.63) is 40.4 Å². The van der Waals surface area contributed by atoms with E-state index in [2.05, 4.69) is 15.0 Å². The normalized spacial score (nSPS) is 14.2. The molecule has 3 rings (SSSR count). The highest BCUT2D eigenvalue weighted by atomic mass is 16.5. The molecule has 8 heteroatoms. The van der Waals surface area contributed by atoms with Crippen molar-refractivity contribution in [3.8, 4) is 11.4 Å². The number of nitrogens with one attached hydrogen (secondary N) is 1. The van der Waals surface area contributed by atoms with Crippen LogP contribution in [0.4, 0.5) is 4.79 Å². The van der Waals surface area contributed by atoms with E-state index in [0.717, 1.165) is 15.0 Å². The van der Waals surface area contributed by atoms with Crippen molar-refractivity contribution in [3.63, 3.8) is 0 Å². The molecule has 114 valence electrons. The van der Waals surface area contributed by atoms with E-state index in [1.54, 1.807) is 6.07 Å². The number of hydrogen-bond donors (Lipinski definition) is 1. The SMILES string of the molecule is Cc1ccccc1-c1noc(=O)n1CC(=O)N1CCNC1=O. The maximum absolute atomic E-state index is 12.2. The number of aromatic nitrogens is 2. The van der Waals surface area contributed by atoms with E-state index in [-0.39, 0.29) is 18.9 Å². The van der Waals surface area contributed by atoms with Crippen LogP contribution in [0.25, 0.3) is 11.4 Å². The van der Waals surface area contributed by atoms with E-state index in [4.69, 9.17) is 0 Å². The summed E-state index contributed by atoms with van der Waals surface area (Å²) in [7, 11) is 0. The Bertz CT molecular complexity index is 792. The van der Waals surface area contributed by atoms with Crippen molar-refractivity contribution < 1.29 is 14.1 Å². The third-order valence-electron chi connectivity index (χ3n) is 3.52. The molecule has 2 aromatic rings. The Morgan fingerprint density at radius 2 is 2.14 bits per heavy atom. The fourth-order valence-electron chi connectivity index (χ4n) is 2.36. The number of urea groups is 1. The van der Waals surface area contributed by atoms with Crippen molar-refractivity contribution in [1.29, 1.82) is 0 Å². The lowest BCUT2D eigenvalue weighted by Gasteiger charge is -2.12. The molecule has 0 radical (unpaired) electrons. The molecule has 2 heterocycles. The number of carbonyl (C=O) groups is 2. The fraction of sp³-hybridized carbons (Fsp3) is 0.286. The van der Waals surface area contributed by atoms with Crippen LogP contribution in [0.1, 0.15) is 5.56 Å². The molecule has 0 spiro atoms. The van der Waals surface area contributed by atoms with Gasteiger partial charge in [0.25, 0.3) is 5.91 Å². The van der Waals surface area contributed by atoms with Crippen molar-refractivity contribution in [2.75, 3.05) is 13.1 Å². The Labute approximate surface area is 125 Å². The number of rotatable bonds is 3. The van der Waals surface area contributed by atoms with Crippen LogP contribution in [0.15, 0.2) is 33.6 Å². The van der Waals surface area contributed by atoms with Gasteiger partial charge in [0.15, 0.2) is 5.82 Å². The number of hydrogen-bond acceptors (Lipinski definition) is 5. The molecule has 0 atom stereocenters. The summed E-state index contributed by atoms with van der Waals surface area (Å²) in [5.74, 6) is -0.933. The molecule has 3 amide bonds. The van der Waals surface area contributed by atoms with E-state index in [1.165, 1.54) is 0 Å². The van der Waals surface area contributed by atoms with Crippen LogP contribution in [0.2, 0.25) is 0 Å². The lowest BCUT2D eigenvalue weighted by Crippen LogP contribution is -2.38. The van der Waals surface area contributed by atoms with E-state index in [9.17, 15) is 14.4 Å². The molecule has 22 heavy (non-hydrogen) atoms. The highest BCUT2D eigenvalue weighted by Crippen LogP contribution is 2.20. The number of benzene rings is 1. The third-order valence-corrected chi connectivity index (χ3v) is 3.52. The smallest absolute Gasteiger partial charge is 0.336 e. The molecular formula is C14H14N4O4. The second-order valence-electron chi connectivity index (χ2n) is 4.95. The van der Waals surface area contributed by atoms with Crippen molar-refractivity contribution >= 4 is 11.9 Å². The first-order valence-corrected chi connectivity index (χ1v) is 6.78. The summed E-state index contributed by atoms with van der Waals surface area (Å²) >= 11 is 0. The van der Waals surface area contributed by atoms with Gasteiger partial charge >= 0.3 is 11.8 Å². The van der Waals surface area contributed by atoms with Crippen LogP contribution in [-0.2, 0) is 11.3 Å². The van der Waals surface area contributed by atoms with Crippen LogP contribution in [0, 0.1) is 6.92 Å². The summed E-state index contributed by atoms with van der Waals surface area (Å²) in [5, 5.41) is 6.29. The Morgan fingerprint density at radius 3 is 2.82 bits per heavy atom. The molecule has 1 fully saturated rings. The van der Waals surface area contributed by atoms with Gasteiger partial charge in [0, 0.05) is 18.7 Å². The lowest BCUT2D eigenvalue weighted by molar-refractivity contribution is -0.128. The predicted octanol–water partition coefficient (Wildman–Crippen LogP) is 0.364. The van der Waals surface area contributed by atoms with Gasteiger partial charge < -0.3 is 5.32 Å². The minimum Gasteiger partial charge on any atom is -0.336 e. The van der Waals surface area contributed by atoms with Crippen molar-refractivity contribution in [2.24, 2.45) is 0 Å². The van der Waals surface area contributed by atoms with Crippen molar-refractivity contribution in [2.45, 2.75) is 13.5 Å². The summed E-state index contributed by atoms with van der Waals surface area (Å²) < 4.78 is 5.82. The quantitative estimate of drug-likeness (QED) is 0.883. The molecule has 8 nitrogen and oxygen atoms in total. The third kappa shape index (κ3) is 2.39. The number of aryl methyl sites for hydroxylation is 1. The summed E-state index contributed by atoms with van der Waals surface area (Å²) in [6, 6.07) is 6.87. The molecule has 1 aliphatic heterocycles. The van der Waals surface area contributed by atoms with Crippen LogP contribution < -0.4 is 11.1 Å². The van der Waals surface area contributed by atoms with E-state index >= 15 is 0 Å². The maximum atomic E-state index is 12.2. The van der Waals surface area contributed by atoms with Gasteiger partial charge in [-0.3, -0.25) is 14.2 Å². The van der Waals surface area contributed by atoms with Gasteiger partial charge in [-0.25, -0.2) is 14.2 Å². The number of carbonyl (C=O) groups excluding carboxylic acids is 2. The molecule has 1 N–H and O–H groups in total. The van der Waals surface area contributed by atoms with Gasteiger partial charge in [-0.15, -0.1) is 0 Å². The zero-order chi connectivity index (χ0) is 15.7.